The van der Waals surface area contributed by atoms with Crippen LogP contribution in [0.2, 0.25) is 0 Å². The number of pyridine rings is 1. The number of aliphatic hydroxyl groups is 1. The van der Waals surface area contributed by atoms with Gasteiger partial charge in [0.05, 0.1) is 30.9 Å². The maximum Gasteiger partial charge on any atom is 0.253 e. The molecule has 1 aliphatic rings. The van der Waals surface area contributed by atoms with Crippen LogP contribution < -0.4 is 15.5 Å². The van der Waals surface area contributed by atoms with Gasteiger partial charge in [-0.25, -0.2) is 0 Å². The third-order valence-electron chi connectivity index (χ3n) is 5.17. The van der Waals surface area contributed by atoms with E-state index >= 15 is 0 Å². The van der Waals surface area contributed by atoms with Crippen LogP contribution in [-0.2, 0) is 9.53 Å². The molecule has 31 heavy (non-hydrogen) atoms. The number of hydrogen-bond acceptors (Lipinski definition) is 6. The minimum atomic E-state index is -1.09. The maximum atomic E-state index is 12.6. The van der Waals surface area contributed by atoms with Crippen LogP contribution in [0.25, 0.3) is 10.9 Å². The number of amides is 2. The smallest absolute Gasteiger partial charge is 0.253 e. The molecular weight excluding hydrogens is 396 g/mol. The Labute approximate surface area is 179 Å². The van der Waals surface area contributed by atoms with E-state index in [-0.39, 0.29) is 0 Å². The number of ether oxygens (including phenoxy) is 1. The molecule has 1 fully saturated rings. The fraction of sp³-hybridized carbons (Fsp3) is 0.261. The fourth-order valence-corrected chi connectivity index (χ4v) is 3.44. The number of para-hydroxylation sites is 1. The zero-order valence-electron chi connectivity index (χ0n) is 17.0. The first-order valence-corrected chi connectivity index (χ1v) is 10.1. The van der Waals surface area contributed by atoms with Gasteiger partial charge >= 0.3 is 0 Å². The van der Waals surface area contributed by atoms with Crippen molar-refractivity contribution in [2.45, 2.75) is 6.04 Å². The number of nitrogens with zero attached hydrogens (tertiary/aromatic N) is 2. The summed E-state index contributed by atoms with van der Waals surface area (Å²) in [6.07, 6.45) is 1.45. The standard InChI is InChI=1S/C23H24N4O4/c28-15-21(26-22(29)17-13-16-3-1-2-4-20(16)24-14-17)23(30)25-18-5-7-19(8-6-18)27-9-11-31-12-10-27/h1-8,13-14,21,28H,9-12,15H2,(H,25,30)(H,26,29). The van der Waals surface area contributed by atoms with Crippen molar-refractivity contribution < 1.29 is 19.4 Å². The molecule has 2 heterocycles. The number of anilines is 2. The minimum Gasteiger partial charge on any atom is -0.394 e. The van der Waals surface area contributed by atoms with Crippen LogP contribution in [-0.4, -0.2) is 60.9 Å². The van der Waals surface area contributed by atoms with Gasteiger partial charge in [-0.2, -0.15) is 0 Å². The lowest BCUT2D eigenvalue weighted by Crippen LogP contribution is -2.46. The van der Waals surface area contributed by atoms with Crippen molar-refractivity contribution in [1.29, 1.82) is 0 Å². The molecule has 2 aromatic carbocycles. The highest BCUT2D eigenvalue weighted by molar-refractivity contribution is 6.02. The van der Waals surface area contributed by atoms with Crippen LogP contribution in [0.5, 0.6) is 0 Å². The monoisotopic (exact) mass is 420 g/mol. The summed E-state index contributed by atoms with van der Waals surface area (Å²) in [4.78, 5) is 31.6. The van der Waals surface area contributed by atoms with Crippen molar-refractivity contribution in [3.05, 3.63) is 66.4 Å². The van der Waals surface area contributed by atoms with Gasteiger partial charge in [0.2, 0.25) is 5.91 Å². The van der Waals surface area contributed by atoms with Gasteiger partial charge in [0.1, 0.15) is 6.04 Å². The number of nitrogens with one attached hydrogen (secondary N) is 2. The lowest BCUT2D eigenvalue weighted by atomic mass is 10.1. The third kappa shape index (κ3) is 4.99. The van der Waals surface area contributed by atoms with Crippen molar-refractivity contribution in [2.24, 2.45) is 0 Å². The Morgan fingerprint density at radius 3 is 2.58 bits per heavy atom. The normalized spacial score (nSPS) is 14.8. The lowest BCUT2D eigenvalue weighted by Gasteiger charge is -2.29. The Kier molecular flexibility index (Phi) is 6.40. The second-order valence-electron chi connectivity index (χ2n) is 7.26. The molecule has 1 saturated heterocycles. The van der Waals surface area contributed by atoms with Crippen molar-refractivity contribution >= 4 is 34.1 Å². The zero-order chi connectivity index (χ0) is 21.6. The van der Waals surface area contributed by atoms with Crippen molar-refractivity contribution in [3.8, 4) is 0 Å². The van der Waals surface area contributed by atoms with Gasteiger partial charge in [-0.05, 0) is 36.4 Å². The van der Waals surface area contributed by atoms with E-state index in [4.69, 9.17) is 4.74 Å². The highest BCUT2D eigenvalue weighted by atomic mass is 16.5. The molecular formula is C23H24N4O4. The summed E-state index contributed by atoms with van der Waals surface area (Å²) in [6, 6.07) is 15.5. The lowest BCUT2D eigenvalue weighted by molar-refractivity contribution is -0.118. The van der Waals surface area contributed by atoms with Gasteiger partial charge in [-0.1, -0.05) is 18.2 Å². The molecule has 2 amide bonds. The predicted molar refractivity (Wildman–Crippen MR) is 118 cm³/mol. The molecule has 0 bridgehead atoms. The number of benzene rings is 2. The van der Waals surface area contributed by atoms with Gasteiger partial charge in [-0.15, -0.1) is 0 Å². The first kappa shape index (κ1) is 20.8. The molecule has 0 radical (unpaired) electrons. The summed E-state index contributed by atoms with van der Waals surface area (Å²) in [5.74, 6) is -0.973. The van der Waals surface area contributed by atoms with E-state index in [9.17, 15) is 14.7 Å². The summed E-state index contributed by atoms with van der Waals surface area (Å²) in [5.41, 5.74) is 2.73. The Morgan fingerprint density at radius 2 is 1.84 bits per heavy atom. The molecule has 0 spiro atoms. The molecule has 0 saturated carbocycles. The van der Waals surface area contributed by atoms with Crippen LogP contribution in [0.3, 0.4) is 0 Å². The molecule has 3 N–H and O–H groups in total. The molecule has 1 aliphatic heterocycles. The van der Waals surface area contributed by atoms with Crippen molar-refractivity contribution in [3.63, 3.8) is 0 Å². The van der Waals surface area contributed by atoms with Gasteiger partial charge < -0.3 is 25.4 Å². The first-order valence-electron chi connectivity index (χ1n) is 10.1. The topological polar surface area (TPSA) is 104 Å². The third-order valence-corrected chi connectivity index (χ3v) is 5.17. The van der Waals surface area contributed by atoms with Gasteiger partial charge in [0.15, 0.2) is 0 Å². The number of carbonyl (C=O) groups excluding carboxylic acids is 2. The number of carbonyl (C=O) groups is 2. The summed E-state index contributed by atoms with van der Waals surface area (Å²) >= 11 is 0. The maximum absolute atomic E-state index is 12.6. The van der Waals surface area contributed by atoms with E-state index in [1.807, 2.05) is 36.4 Å². The highest BCUT2D eigenvalue weighted by Crippen LogP contribution is 2.19. The van der Waals surface area contributed by atoms with Crippen molar-refractivity contribution in [2.75, 3.05) is 43.1 Å². The van der Waals surface area contributed by atoms with Crippen LogP contribution in [0.1, 0.15) is 10.4 Å². The molecule has 4 rings (SSSR count). The SMILES string of the molecule is O=C(NC(CO)C(=O)Nc1ccc(N2CCOCC2)cc1)c1cnc2ccccc2c1. The molecule has 0 aliphatic carbocycles. The number of rotatable bonds is 6. The Morgan fingerprint density at radius 1 is 1.10 bits per heavy atom. The van der Waals surface area contributed by atoms with Crippen LogP contribution in [0.4, 0.5) is 11.4 Å². The van der Waals surface area contributed by atoms with E-state index in [1.54, 1.807) is 18.2 Å². The first-order chi connectivity index (χ1) is 15.1. The predicted octanol–water partition coefficient (Wildman–Crippen LogP) is 1.80. The van der Waals surface area contributed by atoms with Gasteiger partial charge in [0.25, 0.3) is 5.91 Å². The summed E-state index contributed by atoms with van der Waals surface area (Å²) in [5, 5.41) is 15.8. The molecule has 1 atom stereocenters. The molecule has 8 heteroatoms. The van der Waals surface area contributed by atoms with Gasteiger partial charge in [0, 0.05) is 36.0 Å². The number of aromatic nitrogens is 1. The summed E-state index contributed by atoms with van der Waals surface area (Å²) in [7, 11) is 0. The number of hydrogen-bond donors (Lipinski definition) is 3. The second-order valence-corrected chi connectivity index (χ2v) is 7.26. The van der Waals surface area contributed by atoms with E-state index in [0.717, 1.165) is 29.7 Å². The Bertz CT molecular complexity index is 1060. The molecule has 1 unspecified atom stereocenters. The van der Waals surface area contributed by atoms with Crippen LogP contribution in [0.15, 0.2) is 60.8 Å². The van der Waals surface area contributed by atoms with Crippen molar-refractivity contribution in [1.82, 2.24) is 10.3 Å². The number of morpholine rings is 1. The largest absolute Gasteiger partial charge is 0.394 e. The van der Waals surface area contributed by atoms with E-state index in [0.29, 0.717) is 24.5 Å². The number of fused-ring (bicyclic) bond motifs is 1. The summed E-state index contributed by atoms with van der Waals surface area (Å²) < 4.78 is 5.36. The van der Waals surface area contributed by atoms with E-state index in [1.165, 1.54) is 6.20 Å². The molecule has 1 aromatic heterocycles. The molecule has 160 valence electrons. The Balaban J connectivity index is 1.38. The molecule has 3 aromatic rings. The van der Waals surface area contributed by atoms with E-state index < -0.39 is 24.5 Å². The quantitative estimate of drug-likeness (QED) is 0.562. The molecule has 8 nitrogen and oxygen atoms in total. The van der Waals surface area contributed by atoms with Crippen LogP contribution >= 0.6 is 0 Å². The number of aliphatic hydroxyl groups excluding tert-OH is 1. The van der Waals surface area contributed by atoms with Gasteiger partial charge in [-0.3, -0.25) is 14.6 Å². The summed E-state index contributed by atoms with van der Waals surface area (Å²) in [6.45, 7) is 2.53. The fourth-order valence-electron chi connectivity index (χ4n) is 3.44. The minimum absolute atomic E-state index is 0.319. The average molecular weight is 420 g/mol. The van der Waals surface area contributed by atoms with E-state index in [2.05, 4.69) is 20.5 Å². The zero-order valence-corrected chi connectivity index (χ0v) is 17.0. The Hall–Kier alpha value is -3.49. The second kappa shape index (κ2) is 9.55. The highest BCUT2D eigenvalue weighted by Gasteiger charge is 2.21. The average Bonchev–Trinajstić information content (AvgIpc) is 2.83. The van der Waals surface area contributed by atoms with Crippen LogP contribution in [0, 0.1) is 0 Å².